The van der Waals surface area contributed by atoms with Crippen LogP contribution in [0.3, 0.4) is 0 Å². The standard InChI is InChI=1S/C24H28N4O2/c1-18-11-7-8-14-20(18)22(29)25-21(17-19-12-5-4-6-13-19)23-26-27-24(30-23)28-15-9-2-3-10-16-28/h4-8,11-14,21H,2-3,9-10,15-17H2,1H3,(H,25,29)/t21-/m1/s1. The van der Waals surface area contributed by atoms with Gasteiger partial charge in [0.15, 0.2) is 0 Å². The van der Waals surface area contributed by atoms with Crippen LogP contribution in [0, 0.1) is 6.92 Å². The Labute approximate surface area is 177 Å². The van der Waals surface area contributed by atoms with E-state index >= 15 is 0 Å². The quantitative estimate of drug-likeness (QED) is 0.656. The highest BCUT2D eigenvalue weighted by Gasteiger charge is 2.24. The Morgan fingerprint density at radius 1 is 1.00 bits per heavy atom. The van der Waals surface area contributed by atoms with E-state index in [-0.39, 0.29) is 5.91 Å². The number of aryl methyl sites for hydroxylation is 1. The third-order valence-electron chi connectivity index (χ3n) is 5.58. The minimum atomic E-state index is -0.396. The third kappa shape index (κ3) is 4.87. The summed E-state index contributed by atoms with van der Waals surface area (Å²) in [5.41, 5.74) is 2.69. The first kappa shape index (κ1) is 20.1. The van der Waals surface area contributed by atoms with E-state index in [1.807, 2.05) is 61.5 Å². The van der Waals surface area contributed by atoms with Crippen LogP contribution < -0.4 is 10.2 Å². The average molecular weight is 405 g/mol. The second kappa shape index (κ2) is 9.57. The number of aromatic nitrogens is 2. The predicted molar refractivity (Wildman–Crippen MR) is 117 cm³/mol. The fourth-order valence-electron chi connectivity index (χ4n) is 3.87. The minimum absolute atomic E-state index is 0.136. The normalized spacial score (nSPS) is 15.4. The number of carbonyl (C=O) groups excluding carboxylic acids is 1. The molecule has 1 aliphatic heterocycles. The van der Waals surface area contributed by atoms with Gasteiger partial charge in [0.1, 0.15) is 6.04 Å². The molecule has 1 N–H and O–H groups in total. The molecule has 1 atom stereocenters. The van der Waals surface area contributed by atoms with Crippen molar-refractivity contribution in [1.29, 1.82) is 0 Å². The van der Waals surface area contributed by atoms with Crippen molar-refractivity contribution < 1.29 is 9.21 Å². The zero-order valence-corrected chi connectivity index (χ0v) is 17.4. The van der Waals surface area contributed by atoms with Gasteiger partial charge in [-0.15, -0.1) is 5.10 Å². The molecule has 0 saturated carbocycles. The molecule has 1 amide bonds. The van der Waals surface area contributed by atoms with Crippen molar-refractivity contribution in [2.24, 2.45) is 0 Å². The van der Waals surface area contributed by atoms with Crippen LogP contribution in [0.25, 0.3) is 0 Å². The molecule has 6 nitrogen and oxygen atoms in total. The first-order valence-electron chi connectivity index (χ1n) is 10.7. The van der Waals surface area contributed by atoms with Crippen molar-refractivity contribution in [2.75, 3.05) is 18.0 Å². The summed E-state index contributed by atoms with van der Waals surface area (Å²) >= 11 is 0. The first-order valence-corrected chi connectivity index (χ1v) is 10.7. The fourth-order valence-corrected chi connectivity index (χ4v) is 3.87. The molecule has 0 aliphatic carbocycles. The van der Waals surface area contributed by atoms with Gasteiger partial charge in [-0.2, -0.15) is 0 Å². The molecule has 1 fully saturated rings. The van der Waals surface area contributed by atoms with E-state index in [0.29, 0.717) is 23.9 Å². The number of amides is 1. The first-order chi connectivity index (χ1) is 14.7. The lowest BCUT2D eigenvalue weighted by molar-refractivity contribution is 0.0929. The molecule has 0 unspecified atom stereocenters. The molecule has 1 aliphatic rings. The van der Waals surface area contributed by atoms with Gasteiger partial charge in [-0.05, 0) is 37.0 Å². The second-order valence-electron chi connectivity index (χ2n) is 7.85. The molecule has 6 heteroatoms. The Hall–Kier alpha value is -3.15. The minimum Gasteiger partial charge on any atom is -0.406 e. The van der Waals surface area contributed by atoms with Crippen LogP contribution >= 0.6 is 0 Å². The average Bonchev–Trinajstić information content (AvgIpc) is 3.10. The largest absolute Gasteiger partial charge is 0.406 e. The van der Waals surface area contributed by atoms with Gasteiger partial charge in [0, 0.05) is 25.1 Å². The van der Waals surface area contributed by atoms with Crippen LogP contribution in [0.5, 0.6) is 0 Å². The molecule has 0 radical (unpaired) electrons. The second-order valence-corrected chi connectivity index (χ2v) is 7.85. The zero-order chi connectivity index (χ0) is 20.8. The van der Waals surface area contributed by atoms with E-state index in [1.165, 1.54) is 12.8 Å². The van der Waals surface area contributed by atoms with E-state index in [1.54, 1.807) is 0 Å². The monoisotopic (exact) mass is 404 g/mol. The summed E-state index contributed by atoms with van der Waals surface area (Å²) in [6, 6.07) is 17.8. The Morgan fingerprint density at radius 2 is 1.70 bits per heavy atom. The Balaban J connectivity index is 1.57. The Kier molecular flexibility index (Phi) is 6.42. The van der Waals surface area contributed by atoms with E-state index < -0.39 is 6.04 Å². The fraction of sp³-hybridized carbons (Fsp3) is 0.375. The van der Waals surface area contributed by atoms with E-state index in [2.05, 4.69) is 20.4 Å². The lowest BCUT2D eigenvalue weighted by Crippen LogP contribution is -2.30. The van der Waals surface area contributed by atoms with Gasteiger partial charge in [-0.3, -0.25) is 4.79 Å². The molecule has 3 aromatic rings. The summed E-state index contributed by atoms with van der Waals surface area (Å²) < 4.78 is 6.07. The third-order valence-corrected chi connectivity index (χ3v) is 5.58. The maximum atomic E-state index is 13.0. The number of rotatable bonds is 6. The molecular formula is C24H28N4O2. The van der Waals surface area contributed by atoms with Crippen LogP contribution in [0.2, 0.25) is 0 Å². The molecule has 1 aromatic heterocycles. The van der Waals surface area contributed by atoms with E-state index in [9.17, 15) is 4.79 Å². The molecule has 2 heterocycles. The highest BCUT2D eigenvalue weighted by molar-refractivity contribution is 5.95. The topological polar surface area (TPSA) is 71.3 Å². The van der Waals surface area contributed by atoms with Crippen molar-refractivity contribution in [2.45, 2.75) is 45.1 Å². The summed E-state index contributed by atoms with van der Waals surface area (Å²) in [4.78, 5) is 15.1. The molecule has 0 spiro atoms. The van der Waals surface area contributed by atoms with Gasteiger partial charge in [0.05, 0.1) is 0 Å². The molecule has 156 valence electrons. The highest BCUT2D eigenvalue weighted by atomic mass is 16.4. The van der Waals surface area contributed by atoms with Crippen molar-refractivity contribution in [3.8, 4) is 0 Å². The van der Waals surface area contributed by atoms with Crippen molar-refractivity contribution >= 4 is 11.9 Å². The van der Waals surface area contributed by atoms with Gasteiger partial charge in [-0.1, -0.05) is 66.5 Å². The number of carbonyl (C=O) groups is 1. The van der Waals surface area contributed by atoms with Crippen molar-refractivity contribution in [3.63, 3.8) is 0 Å². The van der Waals surface area contributed by atoms with Crippen molar-refractivity contribution in [3.05, 3.63) is 77.2 Å². The van der Waals surface area contributed by atoms with Crippen LogP contribution in [-0.2, 0) is 6.42 Å². The number of hydrogen-bond donors (Lipinski definition) is 1. The summed E-state index contributed by atoms with van der Waals surface area (Å²) in [6.07, 6.45) is 5.33. The van der Waals surface area contributed by atoms with Crippen LogP contribution in [0.15, 0.2) is 59.0 Å². The number of nitrogens with zero attached hydrogens (tertiary/aromatic N) is 3. The number of hydrogen-bond acceptors (Lipinski definition) is 5. The van der Waals surface area contributed by atoms with Gasteiger partial charge in [0.25, 0.3) is 5.91 Å². The molecule has 0 bridgehead atoms. The van der Waals surface area contributed by atoms with Gasteiger partial charge >= 0.3 is 6.01 Å². The number of anilines is 1. The maximum Gasteiger partial charge on any atom is 0.318 e. The summed E-state index contributed by atoms with van der Waals surface area (Å²) in [5, 5.41) is 11.7. The SMILES string of the molecule is Cc1ccccc1C(=O)N[C@H](Cc1ccccc1)c1nnc(N2CCCCCC2)o1. The predicted octanol–water partition coefficient (Wildman–Crippen LogP) is 4.47. The zero-order valence-electron chi connectivity index (χ0n) is 17.4. The molecule has 4 rings (SSSR count). The summed E-state index contributed by atoms with van der Waals surface area (Å²) in [6.45, 7) is 3.80. The van der Waals surface area contributed by atoms with Crippen LogP contribution in [-0.4, -0.2) is 29.2 Å². The lowest BCUT2D eigenvalue weighted by atomic mass is 10.0. The molecule has 30 heavy (non-hydrogen) atoms. The Bertz CT molecular complexity index is 962. The smallest absolute Gasteiger partial charge is 0.318 e. The number of benzene rings is 2. The van der Waals surface area contributed by atoms with Crippen molar-refractivity contribution in [1.82, 2.24) is 15.5 Å². The molecule has 2 aromatic carbocycles. The number of nitrogens with one attached hydrogen (secondary N) is 1. The maximum absolute atomic E-state index is 13.0. The molecule has 1 saturated heterocycles. The summed E-state index contributed by atoms with van der Waals surface area (Å²) in [5.74, 6) is 0.309. The van der Waals surface area contributed by atoms with Gasteiger partial charge in [-0.25, -0.2) is 0 Å². The van der Waals surface area contributed by atoms with E-state index in [4.69, 9.17) is 4.42 Å². The van der Waals surface area contributed by atoms with Gasteiger partial charge in [0.2, 0.25) is 5.89 Å². The van der Waals surface area contributed by atoms with E-state index in [0.717, 1.165) is 37.1 Å². The summed E-state index contributed by atoms with van der Waals surface area (Å²) in [7, 11) is 0. The Morgan fingerprint density at radius 3 is 2.43 bits per heavy atom. The van der Waals surface area contributed by atoms with Gasteiger partial charge < -0.3 is 14.6 Å². The lowest BCUT2D eigenvalue weighted by Gasteiger charge is -2.18. The van der Waals surface area contributed by atoms with Crippen LogP contribution in [0.4, 0.5) is 6.01 Å². The highest BCUT2D eigenvalue weighted by Crippen LogP contribution is 2.24. The molecular weight excluding hydrogens is 376 g/mol. The van der Waals surface area contributed by atoms with Crippen LogP contribution in [0.1, 0.15) is 59.1 Å².